The monoisotopic (exact) mass is 124 g/mol. The maximum absolute atomic E-state index is 5.16. The average molecular weight is 124 g/mol. The molecule has 0 aromatic heterocycles. The van der Waals surface area contributed by atoms with E-state index in [4.69, 9.17) is 4.74 Å². The second-order valence-electron chi connectivity index (χ2n) is 2.68. The summed E-state index contributed by atoms with van der Waals surface area (Å²) in [6.07, 6.45) is 6.71. The first-order chi connectivity index (χ1) is 4.41. The van der Waals surface area contributed by atoms with Gasteiger partial charge in [-0.2, -0.15) is 0 Å². The Morgan fingerprint density at radius 1 is 1.56 bits per heavy atom. The zero-order valence-electron chi connectivity index (χ0n) is 5.34. The average Bonchev–Trinajstić information content (AvgIpc) is 2.45. The summed E-state index contributed by atoms with van der Waals surface area (Å²) in [5, 5.41) is 4.36. The van der Waals surface area contributed by atoms with E-state index in [0.717, 1.165) is 13.0 Å². The molecule has 9 heavy (non-hydrogen) atoms. The van der Waals surface area contributed by atoms with Gasteiger partial charge < -0.3 is 4.74 Å². The van der Waals surface area contributed by atoms with Crippen molar-refractivity contribution in [3.63, 3.8) is 0 Å². The molecular weight excluding hydrogens is 114 g/mol. The molecule has 49 valence electrons. The first-order valence-corrected chi connectivity index (χ1v) is 3.35. The van der Waals surface area contributed by atoms with Crippen LogP contribution in [0.25, 0.3) is 0 Å². The van der Waals surface area contributed by atoms with Crippen LogP contribution in [-0.2, 0) is 4.74 Å². The van der Waals surface area contributed by atoms with Crippen LogP contribution >= 0.6 is 0 Å². The molecule has 1 heterocycles. The molecule has 1 unspecified atom stereocenters. The number of nitrogens with zero attached hydrogens (tertiary/aromatic N) is 1. The molecule has 1 fully saturated rings. The number of allylic oxidation sites excluding steroid dienone is 1. The quantitative estimate of drug-likeness (QED) is 0.435. The molecule has 0 amide bonds. The minimum Gasteiger partial charge on any atom is -0.362 e. The molecule has 2 heteroatoms. The fourth-order valence-corrected chi connectivity index (χ4v) is 1.41. The van der Waals surface area contributed by atoms with Crippen LogP contribution in [0.2, 0.25) is 0 Å². The Bertz CT molecular complexity index is 136. The van der Waals surface area contributed by atoms with Gasteiger partial charge in [-0.25, -0.2) is 5.32 Å². The number of rotatable bonds is 0. The highest BCUT2D eigenvalue weighted by atomic mass is 16.5. The van der Waals surface area contributed by atoms with Crippen molar-refractivity contribution in [1.29, 1.82) is 0 Å². The van der Waals surface area contributed by atoms with Gasteiger partial charge in [-0.15, -0.1) is 0 Å². The molecule has 1 spiro atoms. The summed E-state index contributed by atoms with van der Waals surface area (Å²) in [7, 11) is 0. The first kappa shape index (κ1) is 5.45. The van der Waals surface area contributed by atoms with Gasteiger partial charge in [-0.1, -0.05) is 12.2 Å². The molecule has 2 rings (SSSR count). The van der Waals surface area contributed by atoms with Crippen LogP contribution in [0.3, 0.4) is 0 Å². The Morgan fingerprint density at radius 2 is 2.56 bits per heavy atom. The molecule has 1 radical (unpaired) electrons. The van der Waals surface area contributed by atoms with E-state index >= 15 is 0 Å². The summed E-state index contributed by atoms with van der Waals surface area (Å²) in [6.45, 7) is 1.41. The maximum Gasteiger partial charge on any atom is 0.113 e. The number of hydrogen-bond donors (Lipinski definition) is 0. The molecule has 2 aliphatic rings. The number of hydrogen-bond acceptors (Lipinski definition) is 1. The molecule has 1 aliphatic heterocycles. The Hall–Kier alpha value is -0.340. The molecule has 1 aliphatic carbocycles. The maximum atomic E-state index is 5.16. The second kappa shape index (κ2) is 1.82. The van der Waals surface area contributed by atoms with E-state index < -0.39 is 0 Å². The van der Waals surface area contributed by atoms with Gasteiger partial charge in [-0.3, -0.25) is 0 Å². The Morgan fingerprint density at radius 3 is 3.11 bits per heavy atom. The highest BCUT2D eigenvalue weighted by Crippen LogP contribution is 2.26. The summed E-state index contributed by atoms with van der Waals surface area (Å²) < 4.78 is 5.16. The summed E-state index contributed by atoms with van der Waals surface area (Å²) in [6, 6.07) is 0. The highest BCUT2D eigenvalue weighted by Gasteiger charge is 2.34. The van der Waals surface area contributed by atoms with Crippen LogP contribution in [0, 0.1) is 0 Å². The smallest absolute Gasteiger partial charge is 0.113 e. The van der Waals surface area contributed by atoms with E-state index in [9.17, 15) is 0 Å². The van der Waals surface area contributed by atoms with Crippen LogP contribution in [0.1, 0.15) is 12.8 Å². The van der Waals surface area contributed by atoms with Crippen molar-refractivity contribution in [2.75, 3.05) is 13.3 Å². The fraction of sp³-hybridized carbons (Fsp3) is 0.714. The standard InChI is InChI=1S/C7H10NO/c1-2-4-7(3-1)5-9-6-8-7/h1,3H,2,4-6H2. The van der Waals surface area contributed by atoms with Crippen molar-refractivity contribution in [1.82, 2.24) is 5.32 Å². The molecule has 0 N–H and O–H groups in total. The van der Waals surface area contributed by atoms with Crippen molar-refractivity contribution in [3.8, 4) is 0 Å². The third-order valence-corrected chi connectivity index (χ3v) is 1.99. The fourth-order valence-electron chi connectivity index (χ4n) is 1.41. The summed E-state index contributed by atoms with van der Waals surface area (Å²) in [5.41, 5.74) is 0.111. The van der Waals surface area contributed by atoms with Gasteiger partial charge >= 0.3 is 0 Å². The van der Waals surface area contributed by atoms with E-state index in [1.54, 1.807) is 0 Å². The molecule has 0 bridgehead atoms. The van der Waals surface area contributed by atoms with E-state index in [0.29, 0.717) is 6.73 Å². The minimum atomic E-state index is 0.111. The molecule has 0 aromatic carbocycles. The van der Waals surface area contributed by atoms with Crippen molar-refractivity contribution < 1.29 is 4.74 Å². The van der Waals surface area contributed by atoms with Crippen molar-refractivity contribution in [2.24, 2.45) is 0 Å². The predicted octanol–water partition coefficient (Wildman–Crippen LogP) is 0.667. The van der Waals surface area contributed by atoms with Gasteiger partial charge in [0.05, 0.1) is 12.1 Å². The van der Waals surface area contributed by atoms with Gasteiger partial charge in [0.1, 0.15) is 6.73 Å². The van der Waals surface area contributed by atoms with Crippen LogP contribution in [0.5, 0.6) is 0 Å². The lowest BCUT2D eigenvalue weighted by Crippen LogP contribution is -2.32. The zero-order valence-corrected chi connectivity index (χ0v) is 5.34. The Kier molecular flexibility index (Phi) is 1.10. The van der Waals surface area contributed by atoms with Crippen LogP contribution < -0.4 is 5.32 Å². The molecule has 2 nitrogen and oxygen atoms in total. The van der Waals surface area contributed by atoms with Crippen LogP contribution in [0.15, 0.2) is 12.2 Å². The van der Waals surface area contributed by atoms with E-state index in [1.165, 1.54) is 6.42 Å². The lowest BCUT2D eigenvalue weighted by molar-refractivity contribution is 0.182. The van der Waals surface area contributed by atoms with Gasteiger partial charge in [0.2, 0.25) is 0 Å². The van der Waals surface area contributed by atoms with Gasteiger partial charge in [0.15, 0.2) is 0 Å². The first-order valence-electron chi connectivity index (χ1n) is 3.35. The van der Waals surface area contributed by atoms with E-state index in [2.05, 4.69) is 17.5 Å². The summed E-state index contributed by atoms with van der Waals surface area (Å²) in [4.78, 5) is 0. The SMILES string of the molecule is C1=CC2(CC1)COC[N]2. The Balaban J connectivity index is 2.13. The minimum absolute atomic E-state index is 0.111. The third-order valence-electron chi connectivity index (χ3n) is 1.99. The molecule has 0 aromatic rings. The Labute approximate surface area is 54.9 Å². The van der Waals surface area contributed by atoms with Crippen molar-refractivity contribution in [2.45, 2.75) is 18.4 Å². The summed E-state index contributed by atoms with van der Waals surface area (Å²) >= 11 is 0. The van der Waals surface area contributed by atoms with Gasteiger partial charge in [0.25, 0.3) is 0 Å². The highest BCUT2D eigenvalue weighted by molar-refractivity contribution is 5.14. The van der Waals surface area contributed by atoms with Gasteiger partial charge in [0, 0.05) is 0 Å². The van der Waals surface area contributed by atoms with Crippen LogP contribution in [-0.4, -0.2) is 18.9 Å². The predicted molar refractivity (Wildman–Crippen MR) is 34.1 cm³/mol. The lowest BCUT2D eigenvalue weighted by atomic mass is 10.0. The number of ether oxygens (including phenoxy) is 1. The lowest BCUT2D eigenvalue weighted by Gasteiger charge is -2.15. The molecule has 1 saturated heterocycles. The molecule has 1 atom stereocenters. The normalized spacial score (nSPS) is 40.9. The third kappa shape index (κ3) is 0.787. The van der Waals surface area contributed by atoms with Crippen LogP contribution in [0.4, 0.5) is 0 Å². The van der Waals surface area contributed by atoms with Gasteiger partial charge in [-0.05, 0) is 12.8 Å². The second-order valence-corrected chi connectivity index (χ2v) is 2.68. The van der Waals surface area contributed by atoms with Crippen molar-refractivity contribution >= 4 is 0 Å². The molecule has 0 saturated carbocycles. The zero-order chi connectivity index (χ0) is 6.16. The topological polar surface area (TPSA) is 23.3 Å². The van der Waals surface area contributed by atoms with Crippen molar-refractivity contribution in [3.05, 3.63) is 12.2 Å². The largest absolute Gasteiger partial charge is 0.362 e. The van der Waals surface area contributed by atoms with E-state index in [-0.39, 0.29) is 5.54 Å². The van der Waals surface area contributed by atoms with E-state index in [1.807, 2.05) is 0 Å². The molecular formula is C7H10NO. The summed E-state index contributed by atoms with van der Waals surface area (Å²) in [5.74, 6) is 0.